The minimum absolute atomic E-state index is 0.0246. The zero-order valence-corrected chi connectivity index (χ0v) is 19.2. The Labute approximate surface area is 199 Å². The fourth-order valence-electron chi connectivity index (χ4n) is 5.15. The van der Waals surface area contributed by atoms with E-state index in [-0.39, 0.29) is 30.4 Å². The molecule has 2 aromatic rings. The van der Waals surface area contributed by atoms with Crippen molar-refractivity contribution < 1.29 is 28.2 Å². The first-order valence-electron chi connectivity index (χ1n) is 11.3. The maximum Gasteiger partial charge on any atom is 0.274 e. The molecule has 1 aromatic carbocycles. The lowest BCUT2D eigenvalue weighted by Crippen LogP contribution is -2.53. The van der Waals surface area contributed by atoms with Crippen molar-refractivity contribution in [3.05, 3.63) is 63.1 Å². The van der Waals surface area contributed by atoms with Crippen molar-refractivity contribution in [2.45, 2.75) is 50.9 Å². The van der Waals surface area contributed by atoms with Gasteiger partial charge in [-0.2, -0.15) is 0 Å². The number of aliphatic imine (C=N–C) groups is 1. The molecule has 2 bridgehead atoms. The molecule has 1 aromatic heterocycles. The van der Waals surface area contributed by atoms with Crippen LogP contribution in [0.4, 0.5) is 8.78 Å². The molecule has 5 rings (SSSR count). The number of nitrogens with one attached hydrogen (secondary N) is 1. The lowest BCUT2D eigenvalue weighted by atomic mass is 9.88. The van der Waals surface area contributed by atoms with Gasteiger partial charge in [-0.25, -0.2) is 8.78 Å². The van der Waals surface area contributed by atoms with Gasteiger partial charge >= 0.3 is 0 Å². The number of benzene rings is 1. The molecule has 11 heteroatoms. The molecule has 184 valence electrons. The maximum atomic E-state index is 14.0. The topological polar surface area (TPSA) is 113 Å². The van der Waals surface area contributed by atoms with Crippen molar-refractivity contribution in [1.82, 2.24) is 14.8 Å². The van der Waals surface area contributed by atoms with E-state index in [0.29, 0.717) is 31.4 Å². The SMILES string of the molecule is CC1=NCC2(CC[C@H](C)N3C[C@H]2n2cc(C(=O)NCc4ccc(F)cc4F)c(=O)c(O)c2C3=O)O1. The van der Waals surface area contributed by atoms with E-state index in [9.17, 15) is 28.3 Å². The van der Waals surface area contributed by atoms with Crippen molar-refractivity contribution in [3.63, 3.8) is 0 Å². The summed E-state index contributed by atoms with van der Waals surface area (Å²) >= 11 is 0. The molecule has 1 spiro atoms. The fraction of sp³-hybridized carbons (Fsp3) is 0.417. The van der Waals surface area contributed by atoms with E-state index in [2.05, 4.69) is 10.3 Å². The van der Waals surface area contributed by atoms with Gasteiger partial charge in [0, 0.05) is 43.9 Å². The van der Waals surface area contributed by atoms with Crippen molar-refractivity contribution in [3.8, 4) is 5.75 Å². The highest BCUT2D eigenvalue weighted by Gasteiger charge is 2.53. The molecule has 35 heavy (non-hydrogen) atoms. The number of hydrogen-bond donors (Lipinski definition) is 2. The molecule has 1 saturated heterocycles. The second-order valence-corrected chi connectivity index (χ2v) is 9.26. The van der Waals surface area contributed by atoms with Crippen LogP contribution in [0.2, 0.25) is 0 Å². The average Bonchev–Trinajstić information content (AvgIpc) is 3.14. The number of nitrogens with zero attached hydrogens (tertiary/aromatic N) is 3. The normalized spacial score (nSPS) is 25.1. The molecule has 2 amide bonds. The highest BCUT2D eigenvalue weighted by Crippen LogP contribution is 2.44. The molecular weight excluding hydrogens is 462 g/mol. The van der Waals surface area contributed by atoms with Crippen molar-refractivity contribution in [2.75, 3.05) is 13.1 Å². The number of aromatic hydroxyl groups is 1. The molecule has 0 radical (unpaired) electrons. The number of hydrogen-bond acceptors (Lipinski definition) is 6. The molecule has 0 saturated carbocycles. The fourth-order valence-corrected chi connectivity index (χ4v) is 5.15. The van der Waals surface area contributed by atoms with E-state index in [4.69, 9.17) is 4.74 Å². The molecule has 3 atom stereocenters. The van der Waals surface area contributed by atoms with Crippen LogP contribution in [-0.4, -0.2) is 57.0 Å². The average molecular weight is 486 g/mol. The minimum Gasteiger partial charge on any atom is -0.503 e. The Kier molecular flexibility index (Phi) is 5.37. The first kappa shape index (κ1) is 23.0. The van der Waals surface area contributed by atoms with Crippen LogP contribution >= 0.6 is 0 Å². The zero-order valence-electron chi connectivity index (χ0n) is 19.2. The summed E-state index contributed by atoms with van der Waals surface area (Å²) in [6.07, 6.45) is 2.48. The predicted molar refractivity (Wildman–Crippen MR) is 120 cm³/mol. The van der Waals surface area contributed by atoms with Gasteiger partial charge in [-0.3, -0.25) is 19.4 Å². The van der Waals surface area contributed by atoms with Crippen LogP contribution in [0.3, 0.4) is 0 Å². The molecule has 0 aliphatic carbocycles. The van der Waals surface area contributed by atoms with E-state index >= 15 is 0 Å². The number of halogens is 2. The van der Waals surface area contributed by atoms with Gasteiger partial charge in [-0.1, -0.05) is 6.07 Å². The first-order chi connectivity index (χ1) is 16.6. The van der Waals surface area contributed by atoms with E-state index in [0.717, 1.165) is 6.07 Å². The zero-order chi connectivity index (χ0) is 25.1. The molecule has 4 heterocycles. The number of rotatable bonds is 3. The van der Waals surface area contributed by atoms with E-state index in [1.807, 2.05) is 6.92 Å². The summed E-state index contributed by atoms with van der Waals surface area (Å²) < 4.78 is 34.7. The van der Waals surface area contributed by atoms with Crippen molar-refractivity contribution >= 4 is 17.7 Å². The Morgan fingerprint density at radius 3 is 2.80 bits per heavy atom. The summed E-state index contributed by atoms with van der Waals surface area (Å²) in [5, 5.41) is 13.2. The number of ether oxygens (including phenoxy) is 1. The third-order valence-electron chi connectivity index (χ3n) is 7.12. The predicted octanol–water partition coefficient (Wildman–Crippen LogP) is 2.13. The highest BCUT2D eigenvalue weighted by molar-refractivity contribution is 5.99. The summed E-state index contributed by atoms with van der Waals surface area (Å²) in [5.41, 5.74) is -2.39. The van der Waals surface area contributed by atoms with Gasteiger partial charge in [0.1, 0.15) is 17.2 Å². The molecule has 1 fully saturated rings. The molecular formula is C24H24F2N4O5. The monoisotopic (exact) mass is 486 g/mol. The second kappa shape index (κ2) is 8.17. The van der Waals surface area contributed by atoms with Gasteiger partial charge in [-0.15, -0.1) is 0 Å². The molecule has 3 aliphatic heterocycles. The first-order valence-corrected chi connectivity index (χ1v) is 11.3. The largest absolute Gasteiger partial charge is 0.503 e. The van der Waals surface area contributed by atoms with E-state index in [1.54, 1.807) is 11.8 Å². The Morgan fingerprint density at radius 2 is 2.11 bits per heavy atom. The van der Waals surface area contributed by atoms with Crippen LogP contribution in [-0.2, 0) is 11.3 Å². The second-order valence-electron chi connectivity index (χ2n) is 9.26. The third-order valence-corrected chi connectivity index (χ3v) is 7.12. The minimum atomic E-state index is -1.01. The number of fused-ring (bicyclic) bond motifs is 5. The highest BCUT2D eigenvalue weighted by atomic mass is 19.1. The number of carbonyl (C=O) groups excluding carboxylic acids is 2. The summed E-state index contributed by atoms with van der Waals surface area (Å²) in [4.78, 5) is 45.1. The Bertz CT molecular complexity index is 1340. The van der Waals surface area contributed by atoms with Gasteiger partial charge in [0.15, 0.2) is 22.9 Å². The van der Waals surface area contributed by atoms with Crippen LogP contribution in [0, 0.1) is 11.6 Å². The van der Waals surface area contributed by atoms with Gasteiger partial charge in [0.25, 0.3) is 11.8 Å². The number of amides is 2. The molecule has 1 unspecified atom stereocenters. The number of pyridine rings is 1. The maximum absolute atomic E-state index is 14.0. The Balaban J connectivity index is 1.55. The van der Waals surface area contributed by atoms with Gasteiger partial charge in [0.05, 0.1) is 12.6 Å². The van der Waals surface area contributed by atoms with Gasteiger partial charge < -0.3 is 24.6 Å². The van der Waals surface area contributed by atoms with Crippen LogP contribution in [0.1, 0.15) is 59.1 Å². The van der Waals surface area contributed by atoms with Crippen LogP contribution in [0.5, 0.6) is 5.75 Å². The van der Waals surface area contributed by atoms with Crippen LogP contribution < -0.4 is 10.7 Å². The van der Waals surface area contributed by atoms with E-state index in [1.165, 1.54) is 16.8 Å². The third kappa shape index (κ3) is 3.65. The Morgan fingerprint density at radius 1 is 1.34 bits per heavy atom. The Hall–Kier alpha value is -3.76. The lowest BCUT2D eigenvalue weighted by Gasteiger charge is -2.42. The van der Waals surface area contributed by atoms with Crippen molar-refractivity contribution in [1.29, 1.82) is 0 Å². The molecule has 3 aliphatic rings. The summed E-state index contributed by atoms with van der Waals surface area (Å²) in [6, 6.07) is 2.28. The summed E-state index contributed by atoms with van der Waals surface area (Å²) in [6.45, 7) is 3.94. The summed E-state index contributed by atoms with van der Waals surface area (Å²) in [5.74, 6) is -3.29. The van der Waals surface area contributed by atoms with Crippen molar-refractivity contribution in [2.24, 2.45) is 4.99 Å². The molecule has 9 nitrogen and oxygen atoms in total. The lowest BCUT2D eigenvalue weighted by molar-refractivity contribution is 0.0103. The summed E-state index contributed by atoms with van der Waals surface area (Å²) in [7, 11) is 0. The quantitative estimate of drug-likeness (QED) is 0.690. The number of aromatic nitrogens is 1. The molecule has 2 N–H and O–H groups in total. The van der Waals surface area contributed by atoms with Gasteiger partial charge in [-0.05, 0) is 25.8 Å². The van der Waals surface area contributed by atoms with Crippen LogP contribution in [0.25, 0.3) is 0 Å². The van der Waals surface area contributed by atoms with Gasteiger partial charge in [0.2, 0.25) is 5.43 Å². The number of carbonyl (C=O) groups is 2. The van der Waals surface area contributed by atoms with E-state index < -0.39 is 51.8 Å². The standard InChI is InChI=1S/C24H24F2N4O5/c1-12-5-6-24(11-28-13(2)35-24)18-10-29(12)23(34)19-21(32)20(31)16(9-30(18)19)22(33)27-8-14-3-4-15(25)7-17(14)26/h3-4,7,9,12,18,32H,5-6,8,10-11H2,1-2H3,(H,27,33)/t12-,18+,24?/m0/s1. The smallest absolute Gasteiger partial charge is 0.274 e. The van der Waals surface area contributed by atoms with Crippen LogP contribution in [0.15, 0.2) is 34.2 Å².